The third kappa shape index (κ3) is 380. The van der Waals surface area contributed by atoms with Crippen LogP contribution in [0.5, 0.6) is 0 Å². The first kappa shape index (κ1) is 8.97. The van der Waals surface area contributed by atoms with Crippen molar-refractivity contribution in [1.82, 2.24) is 0 Å². The summed E-state index contributed by atoms with van der Waals surface area (Å²) in [6.45, 7) is 1.08. The van der Waals surface area contributed by atoms with Crippen molar-refractivity contribution < 1.29 is 9.90 Å². The summed E-state index contributed by atoms with van der Waals surface area (Å²) in [5.41, 5.74) is 0. The van der Waals surface area contributed by atoms with E-state index in [1.54, 1.807) is 0 Å². The second-order valence-electron chi connectivity index (χ2n) is 0.519. The molecule has 0 aliphatic rings. The Morgan fingerprint density at radius 3 is 1.80 bits per heavy atom. The molecule has 1 N–H and O–H groups in total. The SMILES string of the molecule is CC(=O)O.[Mg+2]. The average molecular weight is 84.4 g/mol. The predicted octanol–water partition coefficient (Wildman–Crippen LogP) is -0.290. The van der Waals surface area contributed by atoms with E-state index in [1.165, 1.54) is 0 Å². The molecule has 0 aromatic rings. The molecule has 0 heterocycles. The first-order valence-electron chi connectivity index (χ1n) is 0.928. The third-order valence-corrected chi connectivity index (χ3v) is 0. The Hall–Kier alpha value is 0.236. The van der Waals surface area contributed by atoms with E-state index in [-0.39, 0.29) is 23.1 Å². The van der Waals surface area contributed by atoms with Crippen molar-refractivity contribution in [3.05, 3.63) is 0 Å². The quantitative estimate of drug-likeness (QED) is 0.410. The van der Waals surface area contributed by atoms with E-state index in [2.05, 4.69) is 0 Å². The molecular weight excluding hydrogens is 80.3 g/mol. The van der Waals surface area contributed by atoms with Crippen molar-refractivity contribution in [3.8, 4) is 0 Å². The van der Waals surface area contributed by atoms with Gasteiger partial charge in [-0.3, -0.25) is 4.79 Å². The maximum Gasteiger partial charge on any atom is 2.00 e. The zero-order chi connectivity index (χ0) is 3.58. The number of aliphatic carboxylic acids is 1. The molecule has 0 radical (unpaired) electrons. The van der Waals surface area contributed by atoms with Gasteiger partial charge in [0.2, 0.25) is 0 Å². The molecule has 2 nitrogen and oxygen atoms in total. The van der Waals surface area contributed by atoms with Gasteiger partial charge in [0.05, 0.1) is 0 Å². The zero-order valence-electron chi connectivity index (χ0n) is 3.06. The molecule has 3 heteroatoms. The summed E-state index contributed by atoms with van der Waals surface area (Å²) < 4.78 is 0. The minimum Gasteiger partial charge on any atom is -0.481 e. The summed E-state index contributed by atoms with van der Waals surface area (Å²) in [6.07, 6.45) is 0. The van der Waals surface area contributed by atoms with E-state index in [0.717, 1.165) is 6.92 Å². The maximum absolute atomic E-state index is 9.00. The Morgan fingerprint density at radius 2 is 1.80 bits per heavy atom. The fourth-order valence-electron chi connectivity index (χ4n) is 0. The van der Waals surface area contributed by atoms with Crippen LogP contribution < -0.4 is 0 Å². The van der Waals surface area contributed by atoms with Crippen LogP contribution >= 0.6 is 0 Å². The normalized spacial score (nSPS) is 5.00. The number of carboxylic acid groups (broad SMARTS) is 1. The van der Waals surface area contributed by atoms with Crippen molar-refractivity contribution in [2.75, 3.05) is 0 Å². The fraction of sp³-hybridized carbons (Fsp3) is 0.500. The van der Waals surface area contributed by atoms with Crippen LogP contribution in [-0.2, 0) is 4.79 Å². The van der Waals surface area contributed by atoms with Crippen LogP contribution in [0.4, 0.5) is 0 Å². The van der Waals surface area contributed by atoms with Crippen LogP contribution in [-0.4, -0.2) is 34.1 Å². The molecule has 5 heavy (non-hydrogen) atoms. The van der Waals surface area contributed by atoms with Gasteiger partial charge in [-0.2, -0.15) is 0 Å². The summed E-state index contributed by atoms with van der Waals surface area (Å²) >= 11 is 0. The molecule has 0 aromatic heterocycles. The van der Waals surface area contributed by atoms with Crippen LogP contribution in [0.15, 0.2) is 0 Å². The Labute approximate surface area is 46.3 Å². The second-order valence-corrected chi connectivity index (χ2v) is 0.519. The first-order valence-corrected chi connectivity index (χ1v) is 0.928. The van der Waals surface area contributed by atoms with E-state index >= 15 is 0 Å². The van der Waals surface area contributed by atoms with Crippen molar-refractivity contribution in [2.45, 2.75) is 6.92 Å². The van der Waals surface area contributed by atoms with Gasteiger partial charge < -0.3 is 5.11 Å². The molecule has 0 saturated carbocycles. The minimum atomic E-state index is -0.833. The number of hydrogen-bond acceptors (Lipinski definition) is 1. The molecule has 0 amide bonds. The van der Waals surface area contributed by atoms with Crippen LogP contribution in [0.3, 0.4) is 0 Å². The molecule has 0 unspecified atom stereocenters. The van der Waals surface area contributed by atoms with Gasteiger partial charge >= 0.3 is 23.1 Å². The van der Waals surface area contributed by atoms with E-state index in [1.807, 2.05) is 0 Å². The van der Waals surface area contributed by atoms with Crippen LogP contribution in [0.25, 0.3) is 0 Å². The summed E-state index contributed by atoms with van der Waals surface area (Å²) in [6, 6.07) is 0. The number of carboxylic acids is 1. The minimum absolute atomic E-state index is 0. The summed E-state index contributed by atoms with van der Waals surface area (Å²) in [5, 5.41) is 7.42. The molecule has 0 spiro atoms. The fourth-order valence-corrected chi connectivity index (χ4v) is 0. The summed E-state index contributed by atoms with van der Waals surface area (Å²) in [7, 11) is 0. The molecule has 0 atom stereocenters. The van der Waals surface area contributed by atoms with E-state index in [4.69, 9.17) is 9.90 Å². The van der Waals surface area contributed by atoms with Gasteiger partial charge in [0.1, 0.15) is 0 Å². The first-order chi connectivity index (χ1) is 1.73. The largest absolute Gasteiger partial charge is 2.00 e. The number of rotatable bonds is 0. The third-order valence-electron chi connectivity index (χ3n) is 0. The average Bonchev–Trinajstić information content (AvgIpc) is 0.811. The smallest absolute Gasteiger partial charge is 0.481 e. The van der Waals surface area contributed by atoms with Gasteiger partial charge in [0, 0.05) is 6.92 Å². The molecule has 0 fully saturated rings. The summed E-state index contributed by atoms with van der Waals surface area (Å²) in [5.74, 6) is -0.833. The maximum atomic E-state index is 9.00. The Kier molecular flexibility index (Phi) is 7.60. The number of hydrogen-bond donors (Lipinski definition) is 1. The second kappa shape index (κ2) is 4.24. The van der Waals surface area contributed by atoms with Gasteiger partial charge in [-0.15, -0.1) is 0 Å². The summed E-state index contributed by atoms with van der Waals surface area (Å²) in [4.78, 5) is 9.00. The monoisotopic (exact) mass is 84.0 g/mol. The Morgan fingerprint density at radius 1 is 1.80 bits per heavy atom. The van der Waals surface area contributed by atoms with Crippen molar-refractivity contribution in [3.63, 3.8) is 0 Å². The van der Waals surface area contributed by atoms with Crippen molar-refractivity contribution >= 4 is 29.0 Å². The van der Waals surface area contributed by atoms with Gasteiger partial charge in [0.15, 0.2) is 0 Å². The van der Waals surface area contributed by atoms with Gasteiger partial charge in [-0.1, -0.05) is 0 Å². The zero-order valence-corrected chi connectivity index (χ0v) is 4.48. The van der Waals surface area contributed by atoms with Crippen LogP contribution in [0.1, 0.15) is 6.92 Å². The molecule has 0 bridgehead atoms. The molecule has 0 aromatic carbocycles. The van der Waals surface area contributed by atoms with E-state index < -0.39 is 5.97 Å². The van der Waals surface area contributed by atoms with Gasteiger partial charge in [0.25, 0.3) is 5.97 Å². The van der Waals surface area contributed by atoms with Crippen LogP contribution in [0.2, 0.25) is 0 Å². The molecule has 0 saturated heterocycles. The standard InChI is InChI=1S/C2H4O2.Mg/c1-2(3)4;/h1H3,(H,3,4);/q;+2. The van der Waals surface area contributed by atoms with Gasteiger partial charge in [-0.25, -0.2) is 0 Å². The molecule has 0 aliphatic heterocycles. The number of carbonyl (C=O) groups is 1. The van der Waals surface area contributed by atoms with Crippen molar-refractivity contribution in [2.24, 2.45) is 0 Å². The van der Waals surface area contributed by atoms with Crippen molar-refractivity contribution in [1.29, 1.82) is 0 Å². The topological polar surface area (TPSA) is 37.3 Å². The van der Waals surface area contributed by atoms with E-state index in [9.17, 15) is 0 Å². The Bertz CT molecular complexity index is 30.6. The Balaban J connectivity index is 0. The molecular formula is C2H4MgO2+2. The molecule has 0 rings (SSSR count). The molecule has 0 aliphatic carbocycles. The predicted molar refractivity (Wildman–Crippen MR) is 19.1 cm³/mol. The van der Waals surface area contributed by atoms with E-state index in [0.29, 0.717) is 0 Å². The van der Waals surface area contributed by atoms with Crippen LogP contribution in [0, 0.1) is 0 Å². The van der Waals surface area contributed by atoms with Gasteiger partial charge in [-0.05, 0) is 0 Å². The molecule has 24 valence electrons.